The predicted octanol–water partition coefficient (Wildman–Crippen LogP) is 4.96. The van der Waals surface area contributed by atoms with Crippen LogP contribution in [0, 0.1) is 0 Å². The number of aromatic nitrogens is 2. The molecule has 4 rings (SSSR count). The minimum atomic E-state index is -0.334. The van der Waals surface area contributed by atoms with Gasteiger partial charge in [-0.25, -0.2) is 9.97 Å². The fourth-order valence-electron chi connectivity index (χ4n) is 3.98. The lowest BCUT2D eigenvalue weighted by Crippen LogP contribution is -2.39. The molecule has 2 aliphatic heterocycles. The second-order valence-electron chi connectivity index (χ2n) is 8.46. The summed E-state index contributed by atoms with van der Waals surface area (Å²) < 4.78 is 5.37. The number of benzene rings is 1. The smallest absolute Gasteiger partial charge is 0.223 e. The minimum Gasteiger partial charge on any atom is -0.381 e. The number of nitrogens with one attached hydrogen (secondary N) is 1. The fraction of sp³-hybridized carbons (Fsp3) is 0.542. The molecule has 0 radical (unpaired) electrons. The molecule has 1 saturated heterocycles. The number of anilines is 1. The van der Waals surface area contributed by atoms with Crippen LogP contribution < -0.4 is 5.32 Å². The molecule has 1 aromatic heterocycles. The maximum Gasteiger partial charge on any atom is 0.223 e. The minimum absolute atomic E-state index is 0.155. The Balaban J connectivity index is 0.000000254. The van der Waals surface area contributed by atoms with Gasteiger partial charge in [-0.1, -0.05) is 37.6 Å². The number of carbonyl (C=O) groups excluding carboxylic acids is 1. The normalized spacial score (nSPS) is 17.5. The molecule has 0 unspecified atom stereocenters. The lowest BCUT2D eigenvalue weighted by Gasteiger charge is -2.31. The predicted molar refractivity (Wildman–Crippen MR) is 124 cm³/mol. The van der Waals surface area contributed by atoms with Gasteiger partial charge in [0.25, 0.3) is 0 Å². The summed E-state index contributed by atoms with van der Waals surface area (Å²) >= 11 is 5.72. The Bertz CT molecular complexity index is 897. The number of nitrogens with zero attached hydrogens (tertiary/aromatic N) is 3. The molecule has 0 saturated carbocycles. The van der Waals surface area contributed by atoms with Crippen LogP contribution in [0.15, 0.2) is 30.5 Å². The van der Waals surface area contributed by atoms with E-state index in [0.29, 0.717) is 25.0 Å². The van der Waals surface area contributed by atoms with Gasteiger partial charge in [0, 0.05) is 42.5 Å². The van der Waals surface area contributed by atoms with Gasteiger partial charge >= 0.3 is 0 Å². The standard InChI is InChI=1S/C16H24N4O2.C8H9Cl/c1-4-14(21)20-10-13-12(16(20,2)3)9-17-15(19-13)18-11-5-7-22-8-6-11;1-2-7-4-3-5-8(9)6-7/h9,11H,4-8,10H2,1-3H3,(H,17,18,19);3-6H,2H2,1H3. The summed E-state index contributed by atoms with van der Waals surface area (Å²) in [6, 6.07) is 8.30. The van der Waals surface area contributed by atoms with Crippen LogP contribution in [-0.2, 0) is 28.0 Å². The average molecular weight is 445 g/mol. The first-order chi connectivity index (χ1) is 14.8. The van der Waals surface area contributed by atoms with E-state index in [-0.39, 0.29) is 11.4 Å². The van der Waals surface area contributed by atoms with E-state index in [9.17, 15) is 4.79 Å². The van der Waals surface area contributed by atoms with Gasteiger partial charge < -0.3 is 15.0 Å². The van der Waals surface area contributed by atoms with Crippen molar-refractivity contribution >= 4 is 23.5 Å². The Morgan fingerprint density at radius 2 is 2.03 bits per heavy atom. The lowest BCUT2D eigenvalue weighted by atomic mass is 9.97. The molecular formula is C24H33ClN4O2. The highest BCUT2D eigenvalue weighted by Gasteiger charge is 2.41. The van der Waals surface area contributed by atoms with E-state index >= 15 is 0 Å². The largest absolute Gasteiger partial charge is 0.381 e. The van der Waals surface area contributed by atoms with E-state index < -0.39 is 0 Å². The van der Waals surface area contributed by atoms with Crippen molar-refractivity contribution in [2.45, 2.75) is 71.5 Å². The number of ether oxygens (including phenoxy) is 1. The maximum atomic E-state index is 12.1. The zero-order chi connectivity index (χ0) is 22.4. The van der Waals surface area contributed by atoms with Crippen molar-refractivity contribution in [2.24, 2.45) is 0 Å². The molecule has 3 heterocycles. The monoisotopic (exact) mass is 444 g/mol. The van der Waals surface area contributed by atoms with E-state index in [1.807, 2.05) is 36.2 Å². The molecule has 0 aliphatic carbocycles. The van der Waals surface area contributed by atoms with Crippen molar-refractivity contribution in [1.29, 1.82) is 0 Å². The molecule has 1 fully saturated rings. The van der Waals surface area contributed by atoms with Crippen molar-refractivity contribution in [3.8, 4) is 0 Å². The molecule has 2 aliphatic rings. The Labute approximate surface area is 190 Å². The third kappa shape index (κ3) is 5.74. The van der Waals surface area contributed by atoms with Crippen molar-refractivity contribution in [2.75, 3.05) is 18.5 Å². The molecular weight excluding hydrogens is 412 g/mol. The van der Waals surface area contributed by atoms with E-state index in [0.717, 1.165) is 48.8 Å². The summed E-state index contributed by atoms with van der Waals surface area (Å²) in [4.78, 5) is 23.2. The molecule has 1 aromatic carbocycles. The van der Waals surface area contributed by atoms with E-state index in [1.54, 1.807) is 0 Å². The molecule has 0 atom stereocenters. The van der Waals surface area contributed by atoms with Gasteiger partial charge in [-0.2, -0.15) is 0 Å². The van der Waals surface area contributed by atoms with Gasteiger partial charge in [0.2, 0.25) is 11.9 Å². The zero-order valence-electron chi connectivity index (χ0n) is 18.9. The van der Waals surface area contributed by atoms with Crippen LogP contribution in [-0.4, -0.2) is 40.0 Å². The molecule has 168 valence electrons. The number of fused-ring (bicyclic) bond motifs is 1. The number of hydrogen-bond donors (Lipinski definition) is 1. The Hall–Kier alpha value is -2.18. The number of hydrogen-bond acceptors (Lipinski definition) is 5. The summed E-state index contributed by atoms with van der Waals surface area (Å²) in [5, 5.41) is 4.22. The van der Waals surface area contributed by atoms with Gasteiger partial charge in [0.1, 0.15) is 0 Å². The van der Waals surface area contributed by atoms with Crippen molar-refractivity contribution in [3.05, 3.63) is 52.3 Å². The molecule has 0 spiro atoms. The summed E-state index contributed by atoms with van der Waals surface area (Å²) in [6.07, 6.45) is 5.39. The molecule has 1 N–H and O–H groups in total. The molecule has 31 heavy (non-hydrogen) atoms. The SMILES string of the molecule is CCC(=O)N1Cc2nc(NC3CCOCC3)ncc2C1(C)C.CCc1cccc(Cl)c1. The molecule has 1 amide bonds. The van der Waals surface area contributed by atoms with Gasteiger partial charge in [0.05, 0.1) is 17.8 Å². The number of halogens is 1. The van der Waals surface area contributed by atoms with Crippen molar-refractivity contribution in [1.82, 2.24) is 14.9 Å². The van der Waals surface area contributed by atoms with Crippen LogP contribution in [0.5, 0.6) is 0 Å². The van der Waals surface area contributed by atoms with Crippen molar-refractivity contribution in [3.63, 3.8) is 0 Å². The van der Waals surface area contributed by atoms with Crippen molar-refractivity contribution < 1.29 is 9.53 Å². The first-order valence-electron chi connectivity index (χ1n) is 11.1. The van der Waals surface area contributed by atoms with Gasteiger partial charge in [-0.05, 0) is 50.8 Å². The number of carbonyl (C=O) groups is 1. The van der Waals surface area contributed by atoms with Crippen LogP contribution in [0.3, 0.4) is 0 Å². The Morgan fingerprint density at radius 3 is 2.65 bits per heavy atom. The Morgan fingerprint density at radius 1 is 1.29 bits per heavy atom. The molecule has 2 aromatic rings. The van der Waals surface area contributed by atoms with Crippen LogP contribution in [0.1, 0.15) is 63.8 Å². The third-order valence-corrected chi connectivity index (χ3v) is 6.20. The van der Waals surface area contributed by atoms with Gasteiger partial charge in [-0.15, -0.1) is 0 Å². The summed E-state index contributed by atoms with van der Waals surface area (Å²) in [7, 11) is 0. The van der Waals surface area contributed by atoms with Crippen LogP contribution in [0.4, 0.5) is 5.95 Å². The highest BCUT2D eigenvalue weighted by molar-refractivity contribution is 6.30. The summed E-state index contributed by atoms with van der Waals surface area (Å²) in [5.74, 6) is 0.814. The van der Waals surface area contributed by atoms with Crippen LogP contribution in [0.25, 0.3) is 0 Å². The third-order valence-electron chi connectivity index (χ3n) is 5.96. The average Bonchev–Trinajstić information content (AvgIpc) is 3.04. The molecule has 0 bridgehead atoms. The zero-order valence-corrected chi connectivity index (χ0v) is 19.7. The second kappa shape index (κ2) is 10.4. The first-order valence-corrected chi connectivity index (χ1v) is 11.5. The van der Waals surface area contributed by atoms with E-state index in [2.05, 4.69) is 42.1 Å². The maximum absolute atomic E-state index is 12.1. The van der Waals surface area contributed by atoms with Crippen LogP contribution in [0.2, 0.25) is 5.02 Å². The van der Waals surface area contributed by atoms with E-state index in [4.69, 9.17) is 16.3 Å². The quantitative estimate of drug-likeness (QED) is 0.722. The topological polar surface area (TPSA) is 67.4 Å². The van der Waals surface area contributed by atoms with Gasteiger partial charge in [0.15, 0.2) is 0 Å². The van der Waals surface area contributed by atoms with Crippen LogP contribution >= 0.6 is 11.6 Å². The number of aryl methyl sites for hydroxylation is 1. The second-order valence-corrected chi connectivity index (χ2v) is 8.90. The molecule has 6 nitrogen and oxygen atoms in total. The first kappa shape index (κ1) is 23.5. The fourth-order valence-corrected chi connectivity index (χ4v) is 4.20. The number of rotatable bonds is 4. The van der Waals surface area contributed by atoms with Gasteiger partial charge in [-0.3, -0.25) is 4.79 Å². The highest BCUT2D eigenvalue weighted by Crippen LogP contribution is 2.38. The molecule has 7 heteroatoms. The lowest BCUT2D eigenvalue weighted by molar-refractivity contribution is -0.136. The van der Waals surface area contributed by atoms with E-state index in [1.165, 1.54) is 5.56 Å². The summed E-state index contributed by atoms with van der Waals surface area (Å²) in [6.45, 7) is 10.3. The Kier molecular flexibility index (Phi) is 7.89. The number of amides is 1. The highest BCUT2D eigenvalue weighted by atomic mass is 35.5. The summed E-state index contributed by atoms with van der Waals surface area (Å²) in [5.41, 5.74) is 2.96.